The lowest BCUT2D eigenvalue weighted by Crippen LogP contribution is -2.42. The van der Waals surface area contributed by atoms with E-state index in [1.807, 2.05) is 121 Å². The highest BCUT2D eigenvalue weighted by atomic mass is 16.2. The van der Waals surface area contributed by atoms with Gasteiger partial charge in [-0.25, -0.2) is 0 Å². The lowest BCUT2D eigenvalue weighted by atomic mass is 9.59. The summed E-state index contributed by atoms with van der Waals surface area (Å²) in [5.74, 6) is -1.18. The topological polar surface area (TPSA) is 74.8 Å². The normalized spacial score (nSPS) is 14.9. The zero-order valence-corrected chi connectivity index (χ0v) is 38.0. The largest absolute Gasteiger partial charge is 0.310 e. The highest BCUT2D eigenvalue weighted by molar-refractivity contribution is 6.43. The number of nitrogens with zero attached hydrogens (tertiary/aromatic N) is 2. The highest BCUT2D eigenvalue weighted by Gasteiger charge is 2.52. The van der Waals surface area contributed by atoms with E-state index in [0.717, 1.165) is 77.9 Å². The van der Waals surface area contributed by atoms with E-state index in [9.17, 15) is 19.2 Å². The minimum atomic E-state index is -1.04. The number of hydrogen-bond donors (Lipinski definition) is 0. The first kappa shape index (κ1) is 40.5. The summed E-state index contributed by atoms with van der Waals surface area (Å²) in [5, 5.41) is 3.60. The Morgan fingerprint density at radius 2 is 0.606 bits per heavy atom. The SMILES string of the molecule is O=C1C(=Cc2ccc3c(c2)C2(c4ccccc4N3c3ccccc3)c3ccccc3N(c3ccccc3)c3ccc(C=C4C(=O)c5cc6ccccc6cc5C4=O)cc32)C(=O)c2cc3ccccc3cc21. The predicted molar refractivity (Wildman–Crippen MR) is 282 cm³/mol. The summed E-state index contributed by atoms with van der Waals surface area (Å²) in [4.78, 5) is 61.9. The fourth-order valence-corrected chi connectivity index (χ4v) is 11.7. The Morgan fingerprint density at radius 3 is 0.972 bits per heavy atom. The number of fused-ring (bicyclic) bond motifs is 12. The first-order valence-electron chi connectivity index (χ1n) is 23.7. The molecule has 1 spiro atoms. The van der Waals surface area contributed by atoms with Crippen molar-refractivity contribution >= 4 is 91.0 Å². The molecule has 2 heterocycles. The van der Waals surface area contributed by atoms with Crippen LogP contribution in [0.4, 0.5) is 34.1 Å². The van der Waals surface area contributed by atoms with Gasteiger partial charge in [-0.2, -0.15) is 0 Å². The average Bonchev–Trinajstić information content (AvgIpc) is 3.79. The molecule has 10 aromatic carbocycles. The number of Topliss-reactive ketones (excluding diaryl/α,β-unsaturated/α-hetero) is 4. The Kier molecular flexibility index (Phi) is 8.70. The first-order chi connectivity index (χ1) is 34.9. The van der Waals surface area contributed by atoms with Crippen LogP contribution in [0.1, 0.15) is 74.8 Å². The van der Waals surface area contributed by atoms with Crippen molar-refractivity contribution in [2.75, 3.05) is 9.80 Å². The first-order valence-corrected chi connectivity index (χ1v) is 23.7. The molecule has 6 heteroatoms. The van der Waals surface area contributed by atoms with Gasteiger partial charge in [0.15, 0.2) is 23.1 Å². The molecule has 0 bridgehead atoms. The lowest BCUT2D eigenvalue weighted by Gasteiger charge is -2.51. The van der Waals surface area contributed by atoms with E-state index >= 15 is 0 Å². The van der Waals surface area contributed by atoms with Gasteiger partial charge in [-0.1, -0.05) is 133 Å². The summed E-state index contributed by atoms with van der Waals surface area (Å²) in [7, 11) is 0. The van der Waals surface area contributed by atoms with E-state index in [1.54, 1.807) is 12.2 Å². The number of ketones is 4. The molecule has 0 saturated carbocycles. The van der Waals surface area contributed by atoms with Crippen molar-refractivity contribution in [1.82, 2.24) is 0 Å². The van der Waals surface area contributed by atoms with Crippen molar-refractivity contribution in [3.63, 3.8) is 0 Å². The minimum Gasteiger partial charge on any atom is -0.310 e. The molecule has 6 nitrogen and oxygen atoms in total. The van der Waals surface area contributed by atoms with E-state index < -0.39 is 5.41 Å². The molecule has 0 radical (unpaired) electrons. The van der Waals surface area contributed by atoms with Crippen LogP contribution in [0, 0.1) is 0 Å². The Labute approximate surface area is 408 Å². The Hall–Kier alpha value is -9.52. The van der Waals surface area contributed by atoms with Crippen molar-refractivity contribution in [3.05, 3.63) is 285 Å². The lowest BCUT2D eigenvalue weighted by molar-refractivity contribution is 0.0975. The van der Waals surface area contributed by atoms with Gasteiger partial charge in [-0.05, 0) is 152 Å². The summed E-state index contributed by atoms with van der Waals surface area (Å²) < 4.78 is 0. The highest BCUT2D eigenvalue weighted by Crippen LogP contribution is 2.64. The Balaban J connectivity index is 1.04. The molecule has 0 unspecified atom stereocenters. The number of carbonyl (C=O) groups is 4. The van der Waals surface area contributed by atoms with E-state index in [-0.39, 0.29) is 34.3 Å². The molecule has 10 aromatic rings. The molecule has 71 heavy (non-hydrogen) atoms. The minimum absolute atomic E-state index is 0.119. The molecule has 2 aliphatic carbocycles. The molecule has 14 rings (SSSR count). The van der Waals surface area contributed by atoms with E-state index in [1.165, 1.54) is 0 Å². The molecule has 0 aromatic heterocycles. The number of anilines is 6. The van der Waals surface area contributed by atoms with Gasteiger partial charge in [-0.15, -0.1) is 0 Å². The number of para-hydroxylation sites is 4. The van der Waals surface area contributed by atoms with Gasteiger partial charge in [0.1, 0.15) is 0 Å². The molecule has 0 atom stereocenters. The fourth-order valence-electron chi connectivity index (χ4n) is 11.7. The predicted octanol–water partition coefficient (Wildman–Crippen LogP) is 14.9. The molecule has 2 aliphatic heterocycles. The van der Waals surface area contributed by atoms with Crippen LogP contribution < -0.4 is 9.80 Å². The van der Waals surface area contributed by atoms with Gasteiger partial charge in [0, 0.05) is 33.6 Å². The smallest absolute Gasteiger partial charge is 0.197 e. The van der Waals surface area contributed by atoms with Crippen LogP contribution in [0.15, 0.2) is 230 Å². The van der Waals surface area contributed by atoms with Crippen LogP contribution in [0.5, 0.6) is 0 Å². The maximum absolute atomic E-state index is 14.3. The monoisotopic (exact) mass is 910 g/mol. The van der Waals surface area contributed by atoms with E-state index in [2.05, 4.69) is 107 Å². The number of rotatable bonds is 4. The van der Waals surface area contributed by atoms with E-state index in [0.29, 0.717) is 33.4 Å². The second-order valence-electron chi connectivity index (χ2n) is 18.6. The van der Waals surface area contributed by atoms with Crippen molar-refractivity contribution in [2.45, 2.75) is 5.41 Å². The molecular formula is C65H38N2O4. The molecule has 0 saturated heterocycles. The van der Waals surface area contributed by atoms with Gasteiger partial charge >= 0.3 is 0 Å². The van der Waals surface area contributed by atoms with Gasteiger partial charge in [0.2, 0.25) is 0 Å². The van der Waals surface area contributed by atoms with Crippen molar-refractivity contribution in [1.29, 1.82) is 0 Å². The summed E-state index contributed by atoms with van der Waals surface area (Å²) in [6, 6.07) is 72.9. The van der Waals surface area contributed by atoms with Gasteiger partial charge in [0.05, 0.1) is 39.3 Å². The summed E-state index contributed by atoms with van der Waals surface area (Å²) in [6.07, 6.45) is 3.50. The molecule has 0 fully saturated rings. The Morgan fingerprint density at radius 1 is 0.296 bits per heavy atom. The van der Waals surface area contributed by atoms with Gasteiger partial charge in [-0.3, -0.25) is 19.2 Å². The maximum atomic E-state index is 14.3. The number of hydrogen-bond acceptors (Lipinski definition) is 6. The quantitative estimate of drug-likeness (QED) is 0.129. The van der Waals surface area contributed by atoms with Gasteiger partial charge in [0.25, 0.3) is 0 Å². The third-order valence-corrected chi connectivity index (χ3v) is 14.8. The summed E-state index contributed by atoms with van der Waals surface area (Å²) in [6.45, 7) is 0. The molecular weight excluding hydrogens is 873 g/mol. The average molecular weight is 911 g/mol. The maximum Gasteiger partial charge on any atom is 0.197 e. The van der Waals surface area contributed by atoms with Crippen molar-refractivity contribution in [3.8, 4) is 0 Å². The van der Waals surface area contributed by atoms with E-state index in [4.69, 9.17) is 0 Å². The third kappa shape index (κ3) is 5.82. The van der Waals surface area contributed by atoms with Crippen LogP contribution in [-0.2, 0) is 5.41 Å². The van der Waals surface area contributed by atoms with Gasteiger partial charge < -0.3 is 9.80 Å². The number of allylic oxidation sites excluding steroid dienone is 2. The zero-order valence-electron chi connectivity index (χ0n) is 38.0. The van der Waals surface area contributed by atoms with Crippen LogP contribution >= 0.6 is 0 Å². The summed E-state index contributed by atoms with van der Waals surface area (Å²) >= 11 is 0. The fraction of sp³-hybridized carbons (Fsp3) is 0.0154. The zero-order chi connectivity index (χ0) is 47.5. The molecule has 0 N–H and O–H groups in total. The second-order valence-corrected chi connectivity index (χ2v) is 18.6. The molecule has 0 amide bonds. The van der Waals surface area contributed by atoms with Crippen LogP contribution in [-0.4, -0.2) is 23.1 Å². The van der Waals surface area contributed by atoms with Crippen LogP contribution in [0.3, 0.4) is 0 Å². The third-order valence-electron chi connectivity index (χ3n) is 14.8. The Bertz CT molecular complexity index is 3710. The summed E-state index contributed by atoms with van der Waals surface area (Å²) in [5.41, 5.74) is 11.8. The molecule has 332 valence electrons. The van der Waals surface area contributed by atoms with Crippen LogP contribution in [0.25, 0.3) is 33.7 Å². The van der Waals surface area contributed by atoms with Crippen molar-refractivity contribution in [2.24, 2.45) is 0 Å². The van der Waals surface area contributed by atoms with Crippen molar-refractivity contribution < 1.29 is 19.2 Å². The second kappa shape index (κ2) is 15.2. The standard InChI is InChI=1S/C65H38N2O4/c68-61-47-35-41-15-7-8-16-42(41)36-48(47)62(69)51(61)31-39-27-29-59-55(33-39)65(53-23-11-13-25-57(53)66(59)45-19-3-1-4-20-45)54-24-12-14-26-58(54)67(46-21-5-2-6-22-46)60-30-28-40(34-56(60)65)32-52-63(70)49-37-43-17-9-10-18-44(43)38-50(49)64(52)71/h1-38H. The molecule has 4 aliphatic rings. The number of benzene rings is 10. The number of carbonyl (C=O) groups excluding carboxylic acids is 4. The van der Waals surface area contributed by atoms with Crippen LogP contribution in [0.2, 0.25) is 0 Å².